The third-order valence-electron chi connectivity index (χ3n) is 2.35. The van der Waals surface area contributed by atoms with Crippen LogP contribution in [0.25, 0.3) is 0 Å². The quantitative estimate of drug-likeness (QED) is 0.328. The summed E-state index contributed by atoms with van der Waals surface area (Å²) in [5.41, 5.74) is 0.855. The molecule has 0 aliphatic heterocycles. The Balaban J connectivity index is 2.70. The molecule has 0 radical (unpaired) electrons. The summed E-state index contributed by atoms with van der Waals surface area (Å²) < 4.78 is 5.25. The molecule has 108 valence electrons. The summed E-state index contributed by atoms with van der Waals surface area (Å²) in [6.45, 7) is 6.59. The number of benzene rings is 1. The van der Waals surface area contributed by atoms with Crippen molar-refractivity contribution < 1.29 is 19.6 Å². The minimum Gasteiger partial charge on any atom is -0.478 e. The van der Waals surface area contributed by atoms with Gasteiger partial charge in [-0.1, -0.05) is 12.2 Å². The van der Waals surface area contributed by atoms with Crippen LogP contribution in [0, 0.1) is 10.1 Å². The van der Waals surface area contributed by atoms with Gasteiger partial charge in [0.05, 0.1) is 23.7 Å². The standard InChI is InChI=1S/C13H16N2O5/c1-9(2)8-20-6-5-14-11-7-10(13(16)17)3-4-12(11)15(18)19/h3-4,7,14H,1,5-6,8H2,2H3,(H,16,17). The van der Waals surface area contributed by atoms with E-state index in [9.17, 15) is 14.9 Å². The van der Waals surface area contributed by atoms with Gasteiger partial charge in [-0.3, -0.25) is 10.1 Å². The van der Waals surface area contributed by atoms with E-state index in [0.717, 1.165) is 5.57 Å². The van der Waals surface area contributed by atoms with E-state index >= 15 is 0 Å². The normalized spacial score (nSPS) is 10.1. The molecule has 0 unspecified atom stereocenters. The molecule has 20 heavy (non-hydrogen) atoms. The molecule has 0 amide bonds. The lowest BCUT2D eigenvalue weighted by Crippen LogP contribution is -2.12. The van der Waals surface area contributed by atoms with E-state index in [4.69, 9.17) is 9.84 Å². The number of aromatic carboxylic acids is 1. The molecule has 1 aromatic carbocycles. The van der Waals surface area contributed by atoms with Crippen molar-refractivity contribution in [3.05, 3.63) is 46.0 Å². The van der Waals surface area contributed by atoms with Gasteiger partial charge in [-0.15, -0.1) is 0 Å². The molecule has 7 heteroatoms. The molecular weight excluding hydrogens is 264 g/mol. The highest BCUT2D eigenvalue weighted by Crippen LogP contribution is 2.25. The molecule has 0 aliphatic rings. The van der Waals surface area contributed by atoms with Crippen LogP contribution in [0.5, 0.6) is 0 Å². The van der Waals surface area contributed by atoms with Crippen molar-refractivity contribution in [2.24, 2.45) is 0 Å². The zero-order valence-corrected chi connectivity index (χ0v) is 11.1. The van der Waals surface area contributed by atoms with Crippen molar-refractivity contribution in [2.45, 2.75) is 6.92 Å². The first-order chi connectivity index (χ1) is 9.41. The fourth-order valence-electron chi connectivity index (χ4n) is 1.47. The second kappa shape index (κ2) is 7.25. The molecule has 2 N–H and O–H groups in total. The van der Waals surface area contributed by atoms with Crippen LogP contribution in [0.4, 0.5) is 11.4 Å². The Labute approximate surface area is 116 Å². The number of carboxylic acids is 1. The number of nitro groups is 1. The maximum atomic E-state index is 10.9. The van der Waals surface area contributed by atoms with Gasteiger partial charge >= 0.3 is 5.97 Å². The zero-order valence-electron chi connectivity index (χ0n) is 11.1. The summed E-state index contributed by atoms with van der Waals surface area (Å²) in [4.78, 5) is 21.1. The second-order valence-electron chi connectivity index (χ2n) is 4.23. The zero-order chi connectivity index (χ0) is 15.1. The smallest absolute Gasteiger partial charge is 0.335 e. The van der Waals surface area contributed by atoms with Crippen molar-refractivity contribution in [3.8, 4) is 0 Å². The van der Waals surface area contributed by atoms with E-state index in [0.29, 0.717) is 19.8 Å². The van der Waals surface area contributed by atoms with Crippen LogP contribution >= 0.6 is 0 Å². The number of nitrogens with zero attached hydrogens (tertiary/aromatic N) is 1. The van der Waals surface area contributed by atoms with Crippen molar-refractivity contribution in [3.63, 3.8) is 0 Å². The van der Waals surface area contributed by atoms with Crippen molar-refractivity contribution >= 4 is 17.3 Å². The topological polar surface area (TPSA) is 102 Å². The molecule has 0 aromatic heterocycles. The first-order valence-electron chi connectivity index (χ1n) is 5.89. The van der Waals surface area contributed by atoms with E-state index in [1.165, 1.54) is 18.2 Å². The van der Waals surface area contributed by atoms with E-state index in [1.807, 2.05) is 6.92 Å². The highest BCUT2D eigenvalue weighted by Gasteiger charge is 2.16. The summed E-state index contributed by atoms with van der Waals surface area (Å²) in [6, 6.07) is 3.60. The van der Waals surface area contributed by atoms with E-state index in [1.54, 1.807) is 0 Å². The molecule has 0 heterocycles. The molecule has 0 aliphatic carbocycles. The highest BCUT2D eigenvalue weighted by atomic mass is 16.6. The Bertz CT molecular complexity index is 527. The molecule has 1 aromatic rings. The van der Waals surface area contributed by atoms with Gasteiger partial charge in [-0.05, 0) is 19.1 Å². The van der Waals surface area contributed by atoms with E-state index in [-0.39, 0.29) is 16.9 Å². The third-order valence-corrected chi connectivity index (χ3v) is 2.35. The fraction of sp³-hybridized carbons (Fsp3) is 0.308. The Morgan fingerprint density at radius 1 is 1.55 bits per heavy atom. The van der Waals surface area contributed by atoms with Gasteiger partial charge in [0.15, 0.2) is 0 Å². The lowest BCUT2D eigenvalue weighted by molar-refractivity contribution is -0.384. The maximum Gasteiger partial charge on any atom is 0.335 e. The van der Waals surface area contributed by atoms with Crippen LogP contribution in [0.1, 0.15) is 17.3 Å². The summed E-state index contributed by atoms with van der Waals surface area (Å²) in [5, 5.41) is 22.5. The SMILES string of the molecule is C=C(C)COCCNc1cc(C(=O)O)ccc1[N+](=O)[O-]. The van der Waals surface area contributed by atoms with Gasteiger partial charge in [0.2, 0.25) is 0 Å². The van der Waals surface area contributed by atoms with Crippen LogP contribution < -0.4 is 5.32 Å². The molecule has 1 rings (SSSR count). The van der Waals surface area contributed by atoms with E-state index in [2.05, 4.69) is 11.9 Å². The Morgan fingerprint density at radius 2 is 2.25 bits per heavy atom. The number of nitrogens with one attached hydrogen (secondary N) is 1. The first kappa shape index (κ1) is 15.6. The third kappa shape index (κ3) is 4.69. The van der Waals surface area contributed by atoms with Crippen LogP contribution in [0.2, 0.25) is 0 Å². The minimum absolute atomic E-state index is 0.0130. The lowest BCUT2D eigenvalue weighted by atomic mass is 10.1. The lowest BCUT2D eigenvalue weighted by Gasteiger charge is -2.08. The number of carbonyl (C=O) groups is 1. The largest absolute Gasteiger partial charge is 0.478 e. The van der Waals surface area contributed by atoms with Crippen LogP contribution in [-0.4, -0.2) is 35.8 Å². The van der Waals surface area contributed by atoms with Crippen molar-refractivity contribution in [2.75, 3.05) is 25.1 Å². The molecule has 0 saturated heterocycles. The molecule has 0 fully saturated rings. The van der Waals surface area contributed by atoms with Gasteiger partial charge < -0.3 is 15.2 Å². The predicted molar refractivity (Wildman–Crippen MR) is 74.2 cm³/mol. The Morgan fingerprint density at radius 3 is 2.80 bits per heavy atom. The van der Waals surface area contributed by atoms with Crippen LogP contribution in [0.3, 0.4) is 0 Å². The molecule has 0 spiro atoms. The number of rotatable bonds is 8. The number of ether oxygens (including phenoxy) is 1. The number of anilines is 1. The van der Waals surface area contributed by atoms with Gasteiger partial charge in [-0.2, -0.15) is 0 Å². The first-order valence-corrected chi connectivity index (χ1v) is 5.89. The molecular formula is C13H16N2O5. The van der Waals surface area contributed by atoms with Gasteiger partial charge in [0.1, 0.15) is 5.69 Å². The van der Waals surface area contributed by atoms with Crippen molar-refractivity contribution in [1.82, 2.24) is 0 Å². The highest BCUT2D eigenvalue weighted by molar-refractivity contribution is 5.90. The Hall–Kier alpha value is -2.41. The van der Waals surface area contributed by atoms with Crippen LogP contribution in [0.15, 0.2) is 30.4 Å². The van der Waals surface area contributed by atoms with Crippen LogP contribution in [-0.2, 0) is 4.74 Å². The predicted octanol–water partition coefficient (Wildman–Crippen LogP) is 2.30. The summed E-state index contributed by atoms with van der Waals surface area (Å²) >= 11 is 0. The second-order valence-corrected chi connectivity index (χ2v) is 4.23. The maximum absolute atomic E-state index is 10.9. The number of hydrogen-bond donors (Lipinski definition) is 2. The minimum atomic E-state index is -1.14. The number of nitro benzene ring substituents is 1. The summed E-state index contributed by atoms with van der Waals surface area (Å²) in [7, 11) is 0. The van der Waals surface area contributed by atoms with E-state index < -0.39 is 10.9 Å². The number of carboxylic acid groups (broad SMARTS) is 1. The fourth-order valence-corrected chi connectivity index (χ4v) is 1.47. The monoisotopic (exact) mass is 280 g/mol. The molecule has 0 atom stereocenters. The average molecular weight is 280 g/mol. The van der Waals surface area contributed by atoms with Gasteiger partial charge in [0, 0.05) is 12.6 Å². The summed E-state index contributed by atoms with van der Waals surface area (Å²) in [6.07, 6.45) is 0. The Kier molecular flexibility index (Phi) is 5.67. The number of hydrogen-bond acceptors (Lipinski definition) is 5. The van der Waals surface area contributed by atoms with Gasteiger partial charge in [-0.25, -0.2) is 4.79 Å². The van der Waals surface area contributed by atoms with Crippen molar-refractivity contribution in [1.29, 1.82) is 0 Å². The molecule has 0 saturated carbocycles. The van der Waals surface area contributed by atoms with Gasteiger partial charge in [0.25, 0.3) is 5.69 Å². The summed E-state index contributed by atoms with van der Waals surface area (Å²) in [5.74, 6) is -1.14. The molecule has 7 nitrogen and oxygen atoms in total. The average Bonchev–Trinajstić information content (AvgIpc) is 2.37. The molecule has 0 bridgehead atoms.